The van der Waals surface area contributed by atoms with E-state index in [1.807, 2.05) is 19.1 Å². The van der Waals surface area contributed by atoms with Gasteiger partial charge in [-0.2, -0.15) is 0 Å². The highest BCUT2D eigenvalue weighted by Crippen LogP contribution is 2.23. The molecule has 1 aromatic heterocycles. The lowest BCUT2D eigenvalue weighted by molar-refractivity contribution is 0.0652. The fourth-order valence-electron chi connectivity index (χ4n) is 1.63. The van der Waals surface area contributed by atoms with Crippen LogP contribution in [0.5, 0.6) is 0 Å². The van der Waals surface area contributed by atoms with Gasteiger partial charge in [0.1, 0.15) is 5.82 Å². The van der Waals surface area contributed by atoms with Crippen LogP contribution in [0.25, 0.3) is 0 Å². The molecule has 0 radical (unpaired) electrons. The van der Waals surface area contributed by atoms with Crippen molar-refractivity contribution in [3.05, 3.63) is 23.9 Å². The lowest BCUT2D eigenvalue weighted by Crippen LogP contribution is -2.37. The molecule has 0 aliphatic carbocycles. The molecule has 0 fully saturated rings. The highest BCUT2D eigenvalue weighted by atomic mass is 16.5. The zero-order valence-corrected chi connectivity index (χ0v) is 9.10. The lowest BCUT2D eigenvalue weighted by atomic mass is 10.0. The molecule has 0 saturated heterocycles. The van der Waals surface area contributed by atoms with Crippen LogP contribution >= 0.6 is 0 Å². The van der Waals surface area contributed by atoms with Crippen LogP contribution in [0.15, 0.2) is 18.3 Å². The van der Waals surface area contributed by atoms with Gasteiger partial charge >= 0.3 is 0 Å². The normalized spacial score (nSPS) is 14.9. The monoisotopic (exact) mass is 210 g/mol. The van der Waals surface area contributed by atoms with Crippen LogP contribution in [-0.4, -0.2) is 18.2 Å². The van der Waals surface area contributed by atoms with Crippen molar-refractivity contribution in [1.29, 1.82) is 0 Å². The number of hydrogen-bond acceptors (Lipinski definition) is 5. The summed E-state index contributed by atoms with van der Waals surface area (Å²) in [6.07, 6.45) is 2.49. The Hall–Kier alpha value is -1.17. The highest BCUT2D eigenvalue weighted by molar-refractivity contribution is 5.41. The Kier molecular flexibility index (Phi) is 4.48. The van der Waals surface area contributed by atoms with Crippen LogP contribution < -0.4 is 17.0 Å². The Labute approximate surface area is 89.8 Å². The Morgan fingerprint density at radius 3 is 2.80 bits per heavy atom. The van der Waals surface area contributed by atoms with Gasteiger partial charge in [0.25, 0.3) is 0 Å². The van der Waals surface area contributed by atoms with E-state index in [-0.39, 0.29) is 12.1 Å². The summed E-state index contributed by atoms with van der Waals surface area (Å²) < 4.78 is 5.34. The maximum Gasteiger partial charge on any atom is 0.128 e. The Morgan fingerprint density at radius 1 is 1.60 bits per heavy atom. The second kappa shape index (κ2) is 5.65. The molecule has 2 atom stereocenters. The number of pyridine rings is 1. The topological polar surface area (TPSA) is 86.2 Å². The number of anilines is 1. The van der Waals surface area contributed by atoms with E-state index in [1.165, 1.54) is 0 Å². The van der Waals surface area contributed by atoms with Gasteiger partial charge in [-0.25, -0.2) is 4.98 Å². The van der Waals surface area contributed by atoms with Crippen molar-refractivity contribution in [3.8, 4) is 0 Å². The first kappa shape index (κ1) is 11.9. The summed E-state index contributed by atoms with van der Waals surface area (Å²) in [7, 11) is 1.66. The molecular formula is C10H18N4O. The summed E-state index contributed by atoms with van der Waals surface area (Å²) in [6.45, 7) is 2.03. The van der Waals surface area contributed by atoms with Gasteiger partial charge in [-0.05, 0) is 12.5 Å². The van der Waals surface area contributed by atoms with E-state index in [9.17, 15) is 0 Å². The highest BCUT2D eigenvalue weighted by Gasteiger charge is 2.22. The van der Waals surface area contributed by atoms with Gasteiger partial charge in [-0.15, -0.1) is 0 Å². The van der Waals surface area contributed by atoms with Gasteiger partial charge in [0.05, 0.1) is 12.1 Å². The van der Waals surface area contributed by atoms with Crippen LogP contribution in [0.1, 0.15) is 24.9 Å². The largest absolute Gasteiger partial charge is 0.383 e. The third-order valence-corrected chi connectivity index (χ3v) is 2.46. The first-order chi connectivity index (χ1) is 7.24. The molecular weight excluding hydrogens is 192 g/mol. The molecule has 15 heavy (non-hydrogen) atoms. The van der Waals surface area contributed by atoms with Crippen LogP contribution in [0.4, 0.5) is 5.82 Å². The second-order valence-corrected chi connectivity index (χ2v) is 3.30. The van der Waals surface area contributed by atoms with E-state index in [2.05, 4.69) is 10.4 Å². The number of ether oxygens (including phenoxy) is 1. The van der Waals surface area contributed by atoms with Gasteiger partial charge in [-0.1, -0.05) is 13.0 Å². The molecule has 2 unspecified atom stereocenters. The number of hydrazine groups is 1. The second-order valence-electron chi connectivity index (χ2n) is 3.30. The van der Waals surface area contributed by atoms with Crippen LogP contribution in [-0.2, 0) is 4.74 Å². The predicted octanol–water partition coefficient (Wildman–Crippen LogP) is 0.593. The molecule has 0 spiro atoms. The Bertz CT molecular complexity index is 301. The van der Waals surface area contributed by atoms with Crippen molar-refractivity contribution in [2.75, 3.05) is 12.8 Å². The number of nitrogens with two attached hydrogens (primary N) is 2. The standard InChI is InChI=1S/C10H18N4O/c1-3-8(15-2)9(14-12)7-5-4-6-13-10(7)11/h4-6,8-9,14H,3,12H2,1-2H3,(H2,11,13). The zero-order chi connectivity index (χ0) is 11.3. The number of hydrogen-bond donors (Lipinski definition) is 3. The van der Waals surface area contributed by atoms with Gasteiger partial charge in [0.2, 0.25) is 0 Å². The summed E-state index contributed by atoms with van der Waals surface area (Å²) in [6, 6.07) is 3.60. The molecule has 0 aliphatic heterocycles. The van der Waals surface area contributed by atoms with E-state index < -0.39 is 0 Å². The van der Waals surface area contributed by atoms with Gasteiger partial charge in [0, 0.05) is 18.9 Å². The fourth-order valence-corrected chi connectivity index (χ4v) is 1.63. The fraction of sp³-hybridized carbons (Fsp3) is 0.500. The van der Waals surface area contributed by atoms with E-state index in [0.717, 1.165) is 12.0 Å². The molecule has 1 heterocycles. The number of aromatic nitrogens is 1. The third kappa shape index (κ3) is 2.65. The smallest absolute Gasteiger partial charge is 0.128 e. The predicted molar refractivity (Wildman–Crippen MR) is 59.8 cm³/mol. The molecule has 84 valence electrons. The minimum absolute atomic E-state index is 0.0125. The van der Waals surface area contributed by atoms with Gasteiger partial charge in [0.15, 0.2) is 0 Å². The zero-order valence-electron chi connectivity index (χ0n) is 9.10. The Morgan fingerprint density at radius 2 is 2.33 bits per heavy atom. The van der Waals surface area contributed by atoms with Crippen molar-refractivity contribution in [2.24, 2.45) is 5.84 Å². The molecule has 1 rings (SSSR count). The van der Waals surface area contributed by atoms with E-state index in [0.29, 0.717) is 5.82 Å². The van der Waals surface area contributed by atoms with Crippen LogP contribution in [0.2, 0.25) is 0 Å². The molecule has 5 heteroatoms. The van der Waals surface area contributed by atoms with E-state index in [4.69, 9.17) is 16.3 Å². The van der Waals surface area contributed by atoms with Crippen molar-refractivity contribution < 1.29 is 4.74 Å². The van der Waals surface area contributed by atoms with Crippen molar-refractivity contribution >= 4 is 5.82 Å². The average molecular weight is 210 g/mol. The van der Waals surface area contributed by atoms with E-state index >= 15 is 0 Å². The first-order valence-electron chi connectivity index (χ1n) is 4.93. The van der Waals surface area contributed by atoms with Crippen molar-refractivity contribution in [1.82, 2.24) is 10.4 Å². The maximum absolute atomic E-state index is 5.78. The molecule has 1 aromatic rings. The summed E-state index contributed by atoms with van der Waals surface area (Å²) in [4.78, 5) is 4.03. The van der Waals surface area contributed by atoms with Gasteiger partial charge in [-0.3, -0.25) is 11.3 Å². The minimum Gasteiger partial charge on any atom is -0.383 e. The summed E-state index contributed by atoms with van der Waals surface area (Å²) in [5, 5.41) is 0. The number of nitrogens with one attached hydrogen (secondary N) is 1. The molecule has 0 aromatic carbocycles. The van der Waals surface area contributed by atoms with Gasteiger partial charge < -0.3 is 10.5 Å². The Balaban J connectivity index is 2.96. The number of methoxy groups -OCH3 is 1. The third-order valence-electron chi connectivity index (χ3n) is 2.46. The number of rotatable bonds is 5. The molecule has 0 aliphatic rings. The quantitative estimate of drug-likeness (QED) is 0.489. The summed E-state index contributed by atoms with van der Waals surface area (Å²) in [5.41, 5.74) is 9.37. The summed E-state index contributed by atoms with van der Waals surface area (Å²) in [5.74, 6) is 5.99. The minimum atomic E-state index is -0.131. The van der Waals surface area contributed by atoms with Crippen LogP contribution in [0, 0.1) is 0 Å². The first-order valence-corrected chi connectivity index (χ1v) is 4.93. The molecule has 5 nitrogen and oxygen atoms in total. The van der Waals surface area contributed by atoms with Crippen molar-refractivity contribution in [3.63, 3.8) is 0 Å². The van der Waals surface area contributed by atoms with Crippen LogP contribution in [0.3, 0.4) is 0 Å². The number of nitrogens with zero attached hydrogens (tertiary/aromatic N) is 1. The summed E-state index contributed by atoms with van der Waals surface area (Å²) >= 11 is 0. The lowest BCUT2D eigenvalue weighted by Gasteiger charge is -2.25. The van der Waals surface area contributed by atoms with E-state index in [1.54, 1.807) is 13.3 Å². The number of nitrogen functional groups attached to an aromatic ring is 1. The molecule has 0 amide bonds. The van der Waals surface area contributed by atoms with Crippen molar-refractivity contribution in [2.45, 2.75) is 25.5 Å². The average Bonchev–Trinajstić information content (AvgIpc) is 2.27. The molecule has 5 N–H and O–H groups in total. The molecule has 0 bridgehead atoms. The maximum atomic E-state index is 5.78. The molecule has 0 saturated carbocycles. The SMILES string of the molecule is CCC(OC)C(NN)c1cccnc1N.